The van der Waals surface area contributed by atoms with Gasteiger partial charge in [0.25, 0.3) is 0 Å². The van der Waals surface area contributed by atoms with Gasteiger partial charge < -0.3 is 15.4 Å². The van der Waals surface area contributed by atoms with Crippen LogP contribution in [0.25, 0.3) is 10.8 Å². The molecule has 6 nitrogen and oxygen atoms in total. The summed E-state index contributed by atoms with van der Waals surface area (Å²) in [7, 11) is 0. The van der Waals surface area contributed by atoms with Gasteiger partial charge in [-0.1, -0.05) is 24.3 Å². The predicted molar refractivity (Wildman–Crippen MR) is 134 cm³/mol. The molecule has 6 heteroatoms. The molecule has 2 atom stereocenters. The molecule has 0 saturated carbocycles. The highest BCUT2D eigenvalue weighted by Gasteiger charge is 2.27. The second kappa shape index (κ2) is 9.46. The summed E-state index contributed by atoms with van der Waals surface area (Å²) in [5.41, 5.74) is 10.3. The standard InChI is InChI=1S/C28H30N4O2/c1-19-18-32(26-4-2-3-21-15-20(17-29)5-7-24(21)26)13-12-31(19)11-9-27-25-8-6-23(28(30)33)16-22(25)10-14-34-27/h2-8,15-16,19,27H,9-14,18H2,1H3,(H2,30,33)/t19-,27+/m1/s1. The molecule has 1 amide bonds. The number of nitrogens with zero attached hydrogens (tertiary/aromatic N) is 3. The second-order valence-corrected chi connectivity index (χ2v) is 9.33. The lowest BCUT2D eigenvalue weighted by molar-refractivity contribution is 0.0255. The topological polar surface area (TPSA) is 82.6 Å². The average Bonchev–Trinajstić information content (AvgIpc) is 2.86. The third kappa shape index (κ3) is 4.37. The highest BCUT2D eigenvalue weighted by Crippen LogP contribution is 2.32. The zero-order valence-corrected chi connectivity index (χ0v) is 19.5. The molecule has 174 valence electrons. The molecule has 1 fully saturated rings. The molecular formula is C28H30N4O2. The number of anilines is 1. The van der Waals surface area contributed by atoms with Crippen LogP contribution in [-0.4, -0.2) is 49.6 Å². The molecule has 2 aliphatic heterocycles. The molecule has 0 spiro atoms. The van der Waals surface area contributed by atoms with Crippen molar-refractivity contribution >= 4 is 22.4 Å². The summed E-state index contributed by atoms with van der Waals surface area (Å²) in [6, 6.07) is 20.7. The van der Waals surface area contributed by atoms with Gasteiger partial charge in [0.1, 0.15) is 0 Å². The molecule has 1 saturated heterocycles. The van der Waals surface area contributed by atoms with Crippen molar-refractivity contribution in [1.82, 2.24) is 4.90 Å². The van der Waals surface area contributed by atoms with Gasteiger partial charge in [0.2, 0.25) is 5.91 Å². The first-order valence-electron chi connectivity index (χ1n) is 12.0. The van der Waals surface area contributed by atoms with Crippen LogP contribution in [0.1, 0.15) is 46.5 Å². The normalized spacial score (nSPS) is 20.6. The number of rotatable bonds is 5. The molecule has 0 unspecified atom stereocenters. The molecule has 34 heavy (non-hydrogen) atoms. The lowest BCUT2D eigenvalue weighted by atomic mass is 9.93. The minimum Gasteiger partial charge on any atom is -0.373 e. The van der Waals surface area contributed by atoms with Gasteiger partial charge in [-0.05, 0) is 66.6 Å². The quantitative estimate of drug-likeness (QED) is 0.630. The van der Waals surface area contributed by atoms with E-state index in [4.69, 9.17) is 10.5 Å². The Kier molecular flexibility index (Phi) is 6.23. The molecule has 0 aliphatic carbocycles. The van der Waals surface area contributed by atoms with Gasteiger partial charge in [0.15, 0.2) is 0 Å². The van der Waals surface area contributed by atoms with Gasteiger partial charge >= 0.3 is 0 Å². The van der Waals surface area contributed by atoms with E-state index in [1.165, 1.54) is 22.2 Å². The minimum absolute atomic E-state index is 0.0586. The van der Waals surface area contributed by atoms with E-state index in [1.807, 2.05) is 30.3 Å². The van der Waals surface area contributed by atoms with Crippen LogP contribution >= 0.6 is 0 Å². The highest BCUT2D eigenvalue weighted by atomic mass is 16.5. The summed E-state index contributed by atoms with van der Waals surface area (Å²) in [6.07, 6.45) is 1.81. The molecule has 2 heterocycles. The largest absolute Gasteiger partial charge is 0.373 e. The Morgan fingerprint density at radius 1 is 1.18 bits per heavy atom. The fraction of sp³-hybridized carbons (Fsp3) is 0.357. The maximum atomic E-state index is 11.5. The number of benzene rings is 3. The Hall–Kier alpha value is -3.40. The second-order valence-electron chi connectivity index (χ2n) is 9.33. The first-order chi connectivity index (χ1) is 16.5. The number of nitriles is 1. The molecule has 0 bridgehead atoms. The smallest absolute Gasteiger partial charge is 0.248 e. The van der Waals surface area contributed by atoms with E-state index in [1.54, 1.807) is 0 Å². The highest BCUT2D eigenvalue weighted by molar-refractivity contribution is 5.95. The summed E-state index contributed by atoms with van der Waals surface area (Å²) in [5, 5.41) is 11.5. The predicted octanol–water partition coefficient (Wildman–Crippen LogP) is 4.02. The third-order valence-corrected chi connectivity index (χ3v) is 7.24. The summed E-state index contributed by atoms with van der Waals surface area (Å²) >= 11 is 0. The number of primary amides is 1. The number of carbonyl (C=O) groups excluding carboxylic acids is 1. The molecule has 3 aromatic rings. The summed E-state index contributed by atoms with van der Waals surface area (Å²) < 4.78 is 6.11. The van der Waals surface area contributed by atoms with E-state index >= 15 is 0 Å². The number of piperazine rings is 1. The van der Waals surface area contributed by atoms with E-state index in [0.717, 1.165) is 44.4 Å². The fourth-order valence-electron chi connectivity index (χ4n) is 5.37. The van der Waals surface area contributed by atoms with Crippen molar-refractivity contribution in [1.29, 1.82) is 5.26 Å². The molecule has 3 aromatic carbocycles. The molecule has 2 aliphatic rings. The third-order valence-electron chi connectivity index (χ3n) is 7.24. The van der Waals surface area contributed by atoms with Gasteiger partial charge in [-0.2, -0.15) is 5.26 Å². The molecule has 5 rings (SSSR count). The molecule has 2 N–H and O–H groups in total. The number of ether oxygens (including phenoxy) is 1. The number of amides is 1. The van der Waals surface area contributed by atoms with Crippen LogP contribution in [0.4, 0.5) is 5.69 Å². The number of nitrogens with two attached hydrogens (primary N) is 1. The molecular weight excluding hydrogens is 424 g/mol. The van der Waals surface area contributed by atoms with E-state index in [-0.39, 0.29) is 12.0 Å². The van der Waals surface area contributed by atoms with Crippen molar-refractivity contribution < 1.29 is 9.53 Å². The zero-order chi connectivity index (χ0) is 23.7. The summed E-state index contributed by atoms with van der Waals surface area (Å²) in [4.78, 5) is 16.5. The molecule has 0 radical (unpaired) electrons. The van der Waals surface area contributed by atoms with Crippen LogP contribution in [0, 0.1) is 11.3 Å². The van der Waals surface area contributed by atoms with E-state index in [9.17, 15) is 10.1 Å². The van der Waals surface area contributed by atoms with Gasteiger partial charge in [-0.3, -0.25) is 9.69 Å². The van der Waals surface area contributed by atoms with Crippen LogP contribution in [0.15, 0.2) is 54.6 Å². The SMILES string of the molecule is C[C@@H]1CN(c2cccc3cc(C#N)ccc23)CCN1CC[C@@H]1OCCc2cc(C(N)=O)ccc21. The Labute approximate surface area is 200 Å². The Balaban J connectivity index is 1.25. The van der Waals surface area contributed by atoms with Crippen molar-refractivity contribution in [2.45, 2.75) is 31.9 Å². The number of carbonyl (C=O) groups is 1. The van der Waals surface area contributed by atoms with Crippen molar-refractivity contribution in [3.05, 3.63) is 76.9 Å². The van der Waals surface area contributed by atoms with Crippen molar-refractivity contribution in [2.24, 2.45) is 5.73 Å². The average molecular weight is 455 g/mol. The van der Waals surface area contributed by atoms with Gasteiger partial charge in [0.05, 0.1) is 24.3 Å². The lowest BCUT2D eigenvalue weighted by Gasteiger charge is -2.42. The van der Waals surface area contributed by atoms with Crippen molar-refractivity contribution in [3.63, 3.8) is 0 Å². The molecule has 0 aromatic heterocycles. The van der Waals surface area contributed by atoms with Gasteiger partial charge in [-0.25, -0.2) is 0 Å². The van der Waals surface area contributed by atoms with Gasteiger partial charge in [0, 0.05) is 48.9 Å². The Morgan fingerprint density at radius 2 is 2.06 bits per heavy atom. The minimum atomic E-state index is -0.380. The van der Waals surface area contributed by atoms with E-state index in [2.05, 4.69) is 47.1 Å². The maximum Gasteiger partial charge on any atom is 0.248 e. The van der Waals surface area contributed by atoms with Crippen LogP contribution in [0.2, 0.25) is 0 Å². The van der Waals surface area contributed by atoms with Crippen LogP contribution in [0.5, 0.6) is 0 Å². The summed E-state index contributed by atoms with van der Waals surface area (Å²) in [6.45, 7) is 6.86. The first kappa shape index (κ1) is 22.4. The van der Waals surface area contributed by atoms with E-state index < -0.39 is 0 Å². The van der Waals surface area contributed by atoms with Crippen molar-refractivity contribution in [3.8, 4) is 6.07 Å². The fourth-order valence-corrected chi connectivity index (χ4v) is 5.37. The van der Waals surface area contributed by atoms with Crippen molar-refractivity contribution in [2.75, 3.05) is 37.7 Å². The zero-order valence-electron chi connectivity index (χ0n) is 19.5. The number of hydrogen-bond acceptors (Lipinski definition) is 5. The number of hydrogen-bond donors (Lipinski definition) is 1. The van der Waals surface area contributed by atoms with E-state index in [0.29, 0.717) is 23.8 Å². The monoisotopic (exact) mass is 454 g/mol. The first-order valence-corrected chi connectivity index (χ1v) is 12.0. The lowest BCUT2D eigenvalue weighted by Crippen LogP contribution is -2.52. The van der Waals surface area contributed by atoms with Crippen LogP contribution in [0.3, 0.4) is 0 Å². The Morgan fingerprint density at radius 3 is 2.85 bits per heavy atom. The van der Waals surface area contributed by atoms with Crippen LogP contribution < -0.4 is 10.6 Å². The van der Waals surface area contributed by atoms with Crippen LogP contribution in [-0.2, 0) is 11.2 Å². The summed E-state index contributed by atoms with van der Waals surface area (Å²) in [5.74, 6) is -0.380. The van der Waals surface area contributed by atoms with Gasteiger partial charge in [-0.15, -0.1) is 0 Å². The Bertz CT molecular complexity index is 1260. The maximum absolute atomic E-state index is 11.5. The number of fused-ring (bicyclic) bond motifs is 2.